The summed E-state index contributed by atoms with van der Waals surface area (Å²) in [6.07, 6.45) is 0. The van der Waals surface area contributed by atoms with Gasteiger partial charge in [-0.1, -0.05) is 83.2 Å². The zero-order valence-electron chi connectivity index (χ0n) is 31.4. The van der Waals surface area contributed by atoms with Crippen LogP contribution < -0.4 is 8.44 Å². The Morgan fingerprint density at radius 1 is 0.449 bits per heavy atom. The molecule has 0 bridgehead atoms. The van der Waals surface area contributed by atoms with Gasteiger partial charge in [-0.2, -0.15) is 0 Å². The molecule has 0 unspecified atom stereocenters. The summed E-state index contributed by atoms with van der Waals surface area (Å²) in [6.45, 7) is 28.2. The van der Waals surface area contributed by atoms with Gasteiger partial charge in [0.05, 0.1) is 0 Å². The Hall–Kier alpha value is -3.95. The number of rotatable bonds is 4. The predicted molar refractivity (Wildman–Crippen MR) is 207 cm³/mol. The van der Waals surface area contributed by atoms with Crippen molar-refractivity contribution >= 4 is 39.4 Å². The van der Waals surface area contributed by atoms with Gasteiger partial charge in [-0.15, -0.1) is 0 Å². The molecule has 0 spiro atoms. The lowest BCUT2D eigenvalue weighted by Gasteiger charge is -2.48. The summed E-state index contributed by atoms with van der Waals surface area (Å²) in [7, 11) is -2.80. The summed E-state index contributed by atoms with van der Waals surface area (Å²) in [5, 5.41) is 5.05. The Morgan fingerprint density at radius 3 is 1.10 bits per heavy atom. The molecule has 49 heavy (non-hydrogen) atoms. The van der Waals surface area contributed by atoms with E-state index in [2.05, 4.69) is 197 Å². The SMILES string of the molecule is CC(C)(C)n1c(-c2ccccc2)[n+](C(C)(C)C)[si-]1-c1cccc2c1oc1c(-[si-]3n(C(C)(C)C)c(-c4ccccc4)[n+]3C(C)(C)C)cccc12. The van der Waals surface area contributed by atoms with Gasteiger partial charge in [0.2, 0.25) is 0 Å². The van der Waals surface area contributed by atoms with E-state index >= 15 is 0 Å². The van der Waals surface area contributed by atoms with E-state index in [1.807, 2.05) is 0 Å². The monoisotopic (exact) mass is 684 g/mol. The van der Waals surface area contributed by atoms with Crippen LogP contribution in [0.4, 0.5) is 0 Å². The minimum atomic E-state index is -1.40. The van der Waals surface area contributed by atoms with Crippen molar-refractivity contribution in [2.45, 2.75) is 105 Å². The van der Waals surface area contributed by atoms with Gasteiger partial charge in [-0.05, 0) is 107 Å². The molecule has 3 aromatic heterocycles. The molecule has 0 amide bonds. The van der Waals surface area contributed by atoms with E-state index in [1.165, 1.54) is 43.9 Å². The van der Waals surface area contributed by atoms with Crippen LogP contribution in [-0.4, -0.2) is 25.9 Å². The van der Waals surface area contributed by atoms with E-state index in [0.717, 1.165) is 11.2 Å². The highest BCUT2D eigenvalue weighted by molar-refractivity contribution is 6.58. The average molecular weight is 685 g/mol. The molecule has 0 saturated carbocycles. The first kappa shape index (κ1) is 33.5. The van der Waals surface area contributed by atoms with Crippen LogP contribution in [0.15, 0.2) is 101 Å². The van der Waals surface area contributed by atoms with Crippen molar-refractivity contribution in [2.75, 3.05) is 0 Å². The Kier molecular flexibility index (Phi) is 7.73. The first-order valence-electron chi connectivity index (χ1n) is 17.7. The summed E-state index contributed by atoms with van der Waals surface area (Å²) in [6, 6.07) is 35.6. The molecule has 5 nitrogen and oxygen atoms in total. The number of hydrogen-bond acceptors (Lipinski definition) is 1. The maximum atomic E-state index is 7.28. The average Bonchev–Trinajstić information content (AvgIpc) is 3.35. The number of furan rings is 1. The Bertz CT molecular complexity index is 2080. The first-order valence-corrected chi connectivity index (χ1v) is 20.4. The Morgan fingerprint density at radius 2 is 0.796 bits per heavy atom. The van der Waals surface area contributed by atoms with E-state index < -0.39 is 17.5 Å². The molecule has 0 aliphatic heterocycles. The molecule has 0 N–H and O–H groups in total. The van der Waals surface area contributed by atoms with Crippen LogP contribution in [0.5, 0.6) is 0 Å². The number of hydrogen-bond donors (Lipinski definition) is 0. The lowest BCUT2D eigenvalue weighted by atomic mass is 10.1. The molecule has 4 aromatic carbocycles. The molecule has 0 atom stereocenters. The third-order valence-corrected chi connectivity index (χ3v) is 16.4. The fourth-order valence-electron chi connectivity index (χ4n) is 7.60. The van der Waals surface area contributed by atoms with Crippen molar-refractivity contribution in [1.82, 2.24) is 8.44 Å². The highest BCUT2D eigenvalue weighted by Gasteiger charge is 2.35. The summed E-state index contributed by atoms with van der Waals surface area (Å²) in [5.41, 5.74) is 4.34. The number of para-hydroxylation sites is 2. The smallest absolute Gasteiger partial charge is 0.152 e. The second kappa shape index (κ2) is 11.3. The lowest BCUT2D eigenvalue weighted by molar-refractivity contribution is -0.713. The maximum Gasteiger partial charge on any atom is 0.152 e. The van der Waals surface area contributed by atoms with Crippen LogP contribution >= 0.6 is 0 Å². The predicted octanol–water partition coefficient (Wildman–Crippen LogP) is 9.59. The van der Waals surface area contributed by atoms with Crippen LogP contribution in [0.2, 0.25) is 0 Å². The molecule has 7 heteroatoms. The molecule has 254 valence electrons. The van der Waals surface area contributed by atoms with Gasteiger partial charge in [-0.25, -0.2) is 0 Å². The van der Waals surface area contributed by atoms with Crippen LogP contribution in [0.1, 0.15) is 83.1 Å². The number of aromatic nitrogens is 4. The maximum absolute atomic E-state index is 7.28. The van der Waals surface area contributed by atoms with Crippen LogP contribution in [-0.2, 0) is 22.2 Å². The minimum absolute atomic E-state index is 0.0678. The van der Waals surface area contributed by atoms with Gasteiger partial charge in [0, 0.05) is 44.1 Å². The van der Waals surface area contributed by atoms with Crippen molar-refractivity contribution in [3.05, 3.63) is 97.1 Å². The fraction of sp³-hybridized carbons (Fsp3) is 0.381. The molecule has 0 saturated heterocycles. The van der Waals surface area contributed by atoms with E-state index in [9.17, 15) is 0 Å². The third kappa shape index (κ3) is 5.41. The molecule has 0 aliphatic rings. The summed E-state index contributed by atoms with van der Waals surface area (Å²) >= 11 is 0. The zero-order chi connectivity index (χ0) is 35.3. The van der Waals surface area contributed by atoms with E-state index in [4.69, 9.17) is 4.42 Å². The third-order valence-electron chi connectivity index (χ3n) is 9.45. The second-order valence-electron chi connectivity index (χ2n) is 17.5. The molecule has 0 fully saturated rings. The Labute approximate surface area is 295 Å². The van der Waals surface area contributed by atoms with Crippen molar-refractivity contribution < 1.29 is 12.9 Å². The topological polar surface area (TPSA) is 30.8 Å². The second-order valence-corrected chi connectivity index (χ2v) is 21.7. The Balaban J connectivity index is 1.54. The normalized spacial score (nSPS) is 13.3. The van der Waals surface area contributed by atoms with Gasteiger partial charge < -0.3 is 21.3 Å². The highest BCUT2D eigenvalue weighted by Crippen LogP contribution is 2.39. The number of fused-ring (bicyclic) bond motifs is 3. The minimum Gasteiger partial charge on any atom is -0.461 e. The molecular weight excluding hydrogens is 633 g/mol. The summed E-state index contributed by atoms with van der Waals surface area (Å²) < 4.78 is 18.1. The van der Waals surface area contributed by atoms with Gasteiger partial charge >= 0.3 is 0 Å². The highest BCUT2D eigenvalue weighted by atomic mass is 28.2. The molecule has 3 heterocycles. The van der Waals surface area contributed by atoms with Crippen molar-refractivity contribution in [3.8, 4) is 33.1 Å². The van der Waals surface area contributed by atoms with E-state index in [-0.39, 0.29) is 22.2 Å². The molecule has 0 radical (unpaired) electrons. The molecule has 0 aliphatic carbocycles. The van der Waals surface area contributed by atoms with Gasteiger partial charge in [0.25, 0.3) is 0 Å². The quantitative estimate of drug-likeness (QED) is 0.170. The van der Waals surface area contributed by atoms with Gasteiger partial charge in [0.15, 0.2) is 11.6 Å². The first-order chi connectivity index (χ1) is 22.9. The summed E-state index contributed by atoms with van der Waals surface area (Å²) in [4.78, 5) is 0. The van der Waals surface area contributed by atoms with Crippen molar-refractivity contribution in [1.29, 1.82) is 0 Å². The number of nitrogens with zero attached hydrogens (tertiary/aromatic N) is 4. The fourth-order valence-corrected chi connectivity index (χ4v) is 14.2. The van der Waals surface area contributed by atoms with Crippen molar-refractivity contribution in [2.24, 2.45) is 0 Å². The van der Waals surface area contributed by atoms with Crippen LogP contribution in [0.3, 0.4) is 0 Å². The largest absolute Gasteiger partial charge is 0.461 e. The number of benzene rings is 4. The van der Waals surface area contributed by atoms with E-state index in [1.54, 1.807) is 0 Å². The van der Waals surface area contributed by atoms with Gasteiger partial charge in [-0.3, -0.25) is 0 Å². The summed E-state index contributed by atoms with van der Waals surface area (Å²) in [5.74, 6) is 2.63. The van der Waals surface area contributed by atoms with Gasteiger partial charge in [0.1, 0.15) is 28.6 Å². The van der Waals surface area contributed by atoms with Crippen LogP contribution in [0, 0.1) is 0 Å². The molecule has 7 aromatic rings. The molecule has 7 rings (SSSR count). The van der Waals surface area contributed by atoms with E-state index in [0.29, 0.717) is 0 Å². The lowest BCUT2D eigenvalue weighted by Crippen LogP contribution is -2.70. The standard InChI is InChI=1S/C42H52N4OSi2/c1-39(2,3)43-37(29-21-15-13-16-22-29)44(40(4,5)6)48(43)33-27-19-25-31-32-26-20-28-34(36(32)47-35(31)33)49-45(41(7,8)9)38(46(49)42(10,11)12)30-23-17-14-18-24-30/h13-28H,1-12H3. The molecular formula is C42H52N4OSi2. The van der Waals surface area contributed by atoms with Crippen LogP contribution in [0.25, 0.3) is 55.1 Å². The zero-order valence-corrected chi connectivity index (χ0v) is 33.4. The van der Waals surface area contributed by atoms with Crippen molar-refractivity contribution in [3.63, 3.8) is 0 Å².